The summed E-state index contributed by atoms with van der Waals surface area (Å²) in [5, 5.41) is 9.54. The molecule has 0 spiro atoms. The zero-order valence-corrected chi connectivity index (χ0v) is 23.3. The van der Waals surface area contributed by atoms with E-state index in [2.05, 4.69) is 20.7 Å². The first-order valence-corrected chi connectivity index (χ1v) is 14.2. The van der Waals surface area contributed by atoms with Gasteiger partial charge in [0.25, 0.3) is 21.8 Å². The highest BCUT2D eigenvalue weighted by Gasteiger charge is 2.45. The third-order valence-electron chi connectivity index (χ3n) is 7.15. The molecule has 2 aromatic heterocycles. The molecular formula is C25H29F3N8O4S. The van der Waals surface area contributed by atoms with Crippen LogP contribution in [0, 0.1) is 0 Å². The van der Waals surface area contributed by atoms with E-state index in [1.807, 2.05) is 0 Å². The molecule has 0 aliphatic carbocycles. The van der Waals surface area contributed by atoms with Crippen LogP contribution in [-0.2, 0) is 29.7 Å². The lowest BCUT2D eigenvalue weighted by atomic mass is 9.90. The molecule has 220 valence electrons. The molecule has 2 amide bonds. The number of piperidine rings is 1. The minimum atomic E-state index is -4.87. The summed E-state index contributed by atoms with van der Waals surface area (Å²) in [7, 11) is -2.10. The Bertz CT molecular complexity index is 1640. The number of rotatable bonds is 6. The minimum Gasteiger partial charge on any atom is -0.382 e. The predicted octanol–water partition coefficient (Wildman–Crippen LogP) is 2.05. The Morgan fingerprint density at radius 3 is 2.49 bits per heavy atom. The number of hydrogen-bond acceptors (Lipinski definition) is 7. The summed E-state index contributed by atoms with van der Waals surface area (Å²) in [6.45, 7) is 3.77. The van der Waals surface area contributed by atoms with Crippen LogP contribution >= 0.6 is 0 Å². The number of nitrogens with two attached hydrogens (primary N) is 1. The summed E-state index contributed by atoms with van der Waals surface area (Å²) >= 11 is 0. The molecule has 1 fully saturated rings. The van der Waals surface area contributed by atoms with E-state index in [0.717, 1.165) is 4.68 Å². The molecule has 2 aliphatic rings. The number of primary amides is 1. The normalized spacial score (nSPS) is 18.1. The van der Waals surface area contributed by atoms with Crippen molar-refractivity contribution < 1.29 is 31.2 Å². The van der Waals surface area contributed by atoms with Gasteiger partial charge in [0.1, 0.15) is 0 Å². The quantitative estimate of drug-likeness (QED) is 0.394. The zero-order valence-electron chi connectivity index (χ0n) is 22.5. The van der Waals surface area contributed by atoms with Crippen LogP contribution < -0.4 is 16.4 Å². The fraction of sp³-hybridized carbons (Fsp3) is 0.440. The lowest BCUT2D eigenvalue weighted by Gasteiger charge is -2.32. The molecule has 0 saturated carbocycles. The largest absolute Gasteiger partial charge is 0.435 e. The molecule has 41 heavy (non-hydrogen) atoms. The number of amides is 2. The Morgan fingerprint density at radius 2 is 1.90 bits per heavy atom. The number of fused-ring (bicyclic) bond motifs is 1. The number of anilines is 1. The maximum atomic E-state index is 13.9. The lowest BCUT2D eigenvalue weighted by molar-refractivity contribution is -0.141. The SMILES string of the molecule is Cn1cnc(S(=O)(=O)N2CCC(Nc3cc(-n4nc(C(F)(F)F)c5c4CC(C)(C)NC5=O)ccc3C(N)=O)CC2)c1. The van der Waals surface area contributed by atoms with E-state index in [-0.39, 0.29) is 53.2 Å². The summed E-state index contributed by atoms with van der Waals surface area (Å²) in [6.07, 6.45) is -1.18. The number of sulfonamides is 1. The number of aromatic nitrogens is 4. The average Bonchev–Trinajstić information content (AvgIpc) is 3.48. The molecule has 2 aliphatic heterocycles. The van der Waals surface area contributed by atoms with Gasteiger partial charge in [-0.3, -0.25) is 9.59 Å². The molecule has 1 aromatic carbocycles. The molecular weight excluding hydrogens is 565 g/mol. The molecule has 0 radical (unpaired) electrons. The standard InChI is InChI=1S/C25H29F3N8O4S/c1-24(2)11-18-20(23(38)32-24)21(25(26,27)28)33-36(18)15-4-5-16(22(29)37)17(10-15)31-14-6-8-35(9-7-14)41(39,40)19-12-34(3)13-30-19/h4-5,10,12-14,31H,6-9,11H2,1-3H3,(H2,29,37)(H,32,38). The Morgan fingerprint density at radius 1 is 1.22 bits per heavy atom. The Labute approximate surface area is 233 Å². The van der Waals surface area contributed by atoms with Crippen molar-refractivity contribution in [1.29, 1.82) is 0 Å². The maximum absolute atomic E-state index is 13.9. The van der Waals surface area contributed by atoms with E-state index < -0.39 is 44.8 Å². The highest BCUT2D eigenvalue weighted by Crippen LogP contribution is 2.37. The Hall–Kier alpha value is -3.92. The van der Waals surface area contributed by atoms with E-state index in [0.29, 0.717) is 12.8 Å². The second kappa shape index (κ2) is 9.87. The van der Waals surface area contributed by atoms with Crippen molar-refractivity contribution in [2.45, 2.75) is 55.9 Å². The van der Waals surface area contributed by atoms with Crippen molar-refractivity contribution in [2.75, 3.05) is 18.4 Å². The summed E-state index contributed by atoms with van der Waals surface area (Å²) in [4.78, 5) is 28.8. The van der Waals surface area contributed by atoms with Gasteiger partial charge in [-0.15, -0.1) is 0 Å². The number of imidazole rings is 1. The molecule has 0 bridgehead atoms. The van der Waals surface area contributed by atoms with Crippen LogP contribution in [0.25, 0.3) is 5.69 Å². The van der Waals surface area contributed by atoms with Gasteiger partial charge in [0.15, 0.2) is 10.7 Å². The molecule has 12 nitrogen and oxygen atoms in total. The summed E-state index contributed by atoms with van der Waals surface area (Å²) in [5.41, 5.74) is 3.59. The second-order valence-corrected chi connectivity index (χ2v) is 12.8. The number of hydrogen-bond donors (Lipinski definition) is 3. The van der Waals surface area contributed by atoms with Gasteiger partial charge in [0.2, 0.25) is 0 Å². The number of nitrogens with one attached hydrogen (secondary N) is 2. The lowest BCUT2D eigenvalue weighted by Crippen LogP contribution is -2.49. The molecule has 0 atom stereocenters. The first-order valence-electron chi connectivity index (χ1n) is 12.8. The number of halogens is 3. The monoisotopic (exact) mass is 594 g/mol. The van der Waals surface area contributed by atoms with Gasteiger partial charge in [-0.25, -0.2) is 18.1 Å². The highest BCUT2D eigenvalue weighted by atomic mass is 32.2. The van der Waals surface area contributed by atoms with Crippen LogP contribution in [0.5, 0.6) is 0 Å². The average molecular weight is 595 g/mol. The van der Waals surface area contributed by atoms with Crippen LogP contribution in [0.15, 0.2) is 35.7 Å². The van der Waals surface area contributed by atoms with Crippen LogP contribution in [0.2, 0.25) is 0 Å². The topological polar surface area (TPSA) is 157 Å². The molecule has 3 aromatic rings. The van der Waals surface area contributed by atoms with E-state index in [1.165, 1.54) is 35.0 Å². The Balaban J connectivity index is 1.45. The fourth-order valence-electron chi connectivity index (χ4n) is 5.21. The van der Waals surface area contributed by atoms with Crippen LogP contribution in [0.1, 0.15) is 58.8 Å². The molecule has 4 heterocycles. The highest BCUT2D eigenvalue weighted by molar-refractivity contribution is 7.89. The molecule has 16 heteroatoms. The number of aryl methyl sites for hydroxylation is 1. The third kappa shape index (κ3) is 5.40. The first-order chi connectivity index (χ1) is 19.1. The second-order valence-electron chi connectivity index (χ2n) is 10.9. The van der Waals surface area contributed by atoms with Gasteiger partial charge in [0, 0.05) is 50.0 Å². The van der Waals surface area contributed by atoms with Crippen LogP contribution in [0.4, 0.5) is 18.9 Å². The fourth-order valence-corrected chi connectivity index (χ4v) is 6.65. The van der Waals surface area contributed by atoms with E-state index in [9.17, 15) is 31.2 Å². The summed E-state index contributed by atoms with van der Waals surface area (Å²) < 4.78 is 71.4. The van der Waals surface area contributed by atoms with Gasteiger partial charge in [-0.2, -0.15) is 22.6 Å². The minimum absolute atomic E-state index is 0.0484. The number of carbonyl (C=O) groups is 2. The predicted molar refractivity (Wildman–Crippen MR) is 141 cm³/mol. The van der Waals surface area contributed by atoms with E-state index in [4.69, 9.17) is 5.73 Å². The zero-order chi connectivity index (χ0) is 29.9. The molecule has 0 unspecified atom stereocenters. The molecule has 5 rings (SSSR count). The van der Waals surface area contributed by atoms with E-state index in [1.54, 1.807) is 25.5 Å². The van der Waals surface area contributed by atoms with Crippen molar-refractivity contribution in [3.8, 4) is 5.69 Å². The number of nitrogens with zero attached hydrogens (tertiary/aromatic N) is 5. The number of carbonyl (C=O) groups excluding carboxylic acids is 2. The van der Waals surface area contributed by atoms with Gasteiger partial charge in [-0.05, 0) is 44.9 Å². The smallest absolute Gasteiger partial charge is 0.382 e. The van der Waals surface area contributed by atoms with Crippen LogP contribution in [0.3, 0.4) is 0 Å². The first kappa shape index (κ1) is 28.6. The molecule has 4 N–H and O–H groups in total. The number of benzene rings is 1. The summed E-state index contributed by atoms with van der Waals surface area (Å²) in [5.74, 6) is -1.62. The molecule has 1 saturated heterocycles. The van der Waals surface area contributed by atoms with Crippen LogP contribution in [-0.4, -0.2) is 68.5 Å². The summed E-state index contributed by atoms with van der Waals surface area (Å²) in [6, 6.07) is 4.00. The van der Waals surface area contributed by atoms with Gasteiger partial charge >= 0.3 is 6.18 Å². The Kier molecular flexibility index (Phi) is 6.88. The van der Waals surface area contributed by atoms with E-state index >= 15 is 0 Å². The maximum Gasteiger partial charge on any atom is 0.435 e. The van der Waals surface area contributed by atoms with Crippen molar-refractivity contribution in [3.63, 3.8) is 0 Å². The van der Waals surface area contributed by atoms with Gasteiger partial charge in [-0.1, -0.05) is 0 Å². The number of alkyl halides is 3. The van der Waals surface area contributed by atoms with Crippen molar-refractivity contribution in [2.24, 2.45) is 12.8 Å². The van der Waals surface area contributed by atoms with Crippen molar-refractivity contribution in [1.82, 2.24) is 29.0 Å². The van der Waals surface area contributed by atoms with Crippen molar-refractivity contribution >= 4 is 27.5 Å². The van der Waals surface area contributed by atoms with Crippen molar-refractivity contribution in [3.05, 3.63) is 53.2 Å². The van der Waals surface area contributed by atoms with Gasteiger partial charge < -0.3 is 20.9 Å². The third-order valence-corrected chi connectivity index (χ3v) is 8.93. The van der Waals surface area contributed by atoms with Gasteiger partial charge in [0.05, 0.1) is 28.8 Å².